The average Bonchev–Trinajstić information content (AvgIpc) is 2.66. The van der Waals surface area contributed by atoms with Gasteiger partial charge in [0.05, 0.1) is 34.5 Å². The highest BCUT2D eigenvalue weighted by Crippen LogP contribution is 2.42. The Hall–Kier alpha value is -0.680. The number of unbranched alkanes of at least 4 members (excludes halogenated alkanes) is 7. The lowest BCUT2D eigenvalue weighted by atomic mass is 10.1. The van der Waals surface area contributed by atoms with Crippen molar-refractivity contribution in [3.05, 3.63) is 26.2 Å². The molecule has 0 aromatic heterocycles. The third-order valence-corrected chi connectivity index (χ3v) is 5.61. The number of hydrogen-bond acceptors (Lipinski definition) is 4. The van der Waals surface area contributed by atoms with Crippen molar-refractivity contribution in [2.24, 2.45) is 0 Å². The number of benzene rings is 1. The zero-order valence-electron chi connectivity index (χ0n) is 16.0. The van der Waals surface area contributed by atoms with Gasteiger partial charge < -0.3 is 9.47 Å². The fraction of sp³-hybridized carbons (Fsp3) is 0.600. The molecule has 0 saturated heterocycles. The molecule has 0 heterocycles. The lowest BCUT2D eigenvalue weighted by Crippen LogP contribution is -2.13. The van der Waals surface area contributed by atoms with Crippen LogP contribution in [0.2, 0.25) is 20.1 Å². The minimum absolute atomic E-state index is 0.0420. The monoisotopic (exact) mass is 470 g/mol. The summed E-state index contributed by atoms with van der Waals surface area (Å²) in [4.78, 5) is 23.6. The van der Waals surface area contributed by atoms with Crippen LogP contribution in [0.5, 0.6) is 5.75 Å². The molecule has 0 N–H and O–H groups in total. The normalized spacial score (nSPS) is 10.8. The van der Waals surface area contributed by atoms with Crippen LogP contribution in [-0.2, 0) is 14.3 Å². The van der Waals surface area contributed by atoms with Crippen LogP contribution in [-0.4, -0.2) is 18.5 Å². The van der Waals surface area contributed by atoms with Gasteiger partial charge in [0, 0.05) is 0 Å². The molecule has 0 amide bonds. The second kappa shape index (κ2) is 14.3. The molecule has 1 rings (SSSR count). The number of ether oxygens (including phenoxy) is 2. The van der Waals surface area contributed by atoms with Crippen LogP contribution in [0.1, 0.15) is 71.1 Å². The summed E-state index contributed by atoms with van der Waals surface area (Å²) in [5.74, 6) is -1.17. The van der Waals surface area contributed by atoms with Gasteiger partial charge in [0.15, 0.2) is 5.75 Å². The zero-order chi connectivity index (χ0) is 20.9. The van der Waals surface area contributed by atoms with Crippen LogP contribution >= 0.6 is 46.4 Å². The molecule has 0 aliphatic carbocycles. The Kier molecular flexibility index (Phi) is 13.0. The van der Waals surface area contributed by atoms with Gasteiger partial charge in [-0.1, -0.05) is 98.3 Å². The molecule has 0 bridgehead atoms. The molecular formula is C20H26Cl4O4. The summed E-state index contributed by atoms with van der Waals surface area (Å²) in [7, 11) is 0. The van der Waals surface area contributed by atoms with Crippen molar-refractivity contribution in [3.8, 4) is 5.75 Å². The standard InChI is InChI=1S/C20H26Cl4O4/c1-2-3-4-5-6-7-8-9-12-27-16(25)10-11-17(26)28-20-15(22)13-14(21)18(23)19(20)24/h13H,2-12H2,1H3. The predicted octanol–water partition coefficient (Wildman–Crippen LogP) is 7.67. The summed E-state index contributed by atoms with van der Waals surface area (Å²) in [6, 6.07) is 1.33. The maximum absolute atomic E-state index is 11.9. The lowest BCUT2D eigenvalue weighted by Gasteiger charge is -2.10. The van der Waals surface area contributed by atoms with Crippen molar-refractivity contribution in [2.45, 2.75) is 71.1 Å². The molecule has 0 spiro atoms. The van der Waals surface area contributed by atoms with Crippen molar-refractivity contribution in [1.29, 1.82) is 0 Å². The largest absolute Gasteiger partial charge is 0.466 e. The fourth-order valence-corrected chi connectivity index (χ4v) is 3.49. The molecule has 0 aliphatic heterocycles. The van der Waals surface area contributed by atoms with Gasteiger partial charge in [-0.15, -0.1) is 0 Å². The van der Waals surface area contributed by atoms with Crippen LogP contribution in [0.4, 0.5) is 0 Å². The van der Waals surface area contributed by atoms with Crippen LogP contribution in [0.3, 0.4) is 0 Å². The Balaban J connectivity index is 2.20. The van der Waals surface area contributed by atoms with Gasteiger partial charge in [-0.3, -0.25) is 9.59 Å². The van der Waals surface area contributed by atoms with Crippen molar-refractivity contribution >= 4 is 58.3 Å². The molecule has 28 heavy (non-hydrogen) atoms. The molecule has 0 unspecified atom stereocenters. The minimum Gasteiger partial charge on any atom is -0.466 e. The fourth-order valence-electron chi connectivity index (χ4n) is 2.51. The van der Waals surface area contributed by atoms with E-state index in [-0.39, 0.29) is 38.7 Å². The van der Waals surface area contributed by atoms with E-state index in [1.165, 1.54) is 38.2 Å². The van der Waals surface area contributed by atoms with Crippen LogP contribution in [0, 0.1) is 0 Å². The highest BCUT2D eigenvalue weighted by molar-refractivity contribution is 6.50. The Morgan fingerprint density at radius 1 is 0.786 bits per heavy atom. The molecule has 0 fully saturated rings. The number of carbonyl (C=O) groups is 2. The van der Waals surface area contributed by atoms with E-state index in [1.54, 1.807) is 0 Å². The van der Waals surface area contributed by atoms with E-state index in [4.69, 9.17) is 55.9 Å². The van der Waals surface area contributed by atoms with E-state index in [1.807, 2.05) is 0 Å². The minimum atomic E-state index is -0.661. The first kappa shape index (κ1) is 25.4. The highest BCUT2D eigenvalue weighted by atomic mass is 35.5. The van der Waals surface area contributed by atoms with E-state index < -0.39 is 11.9 Å². The Bertz CT molecular complexity index is 650. The maximum atomic E-state index is 11.9. The second-order valence-electron chi connectivity index (χ2n) is 6.47. The van der Waals surface area contributed by atoms with Crippen LogP contribution < -0.4 is 4.74 Å². The highest BCUT2D eigenvalue weighted by Gasteiger charge is 2.19. The average molecular weight is 472 g/mol. The molecule has 0 aliphatic rings. The molecule has 0 atom stereocenters. The van der Waals surface area contributed by atoms with Gasteiger partial charge in [0.1, 0.15) is 5.02 Å². The number of hydrogen-bond donors (Lipinski definition) is 0. The first-order chi connectivity index (χ1) is 13.4. The molecule has 0 saturated carbocycles. The van der Waals surface area contributed by atoms with Gasteiger partial charge in [-0.25, -0.2) is 0 Å². The molecule has 4 nitrogen and oxygen atoms in total. The first-order valence-electron chi connectivity index (χ1n) is 9.56. The first-order valence-corrected chi connectivity index (χ1v) is 11.1. The van der Waals surface area contributed by atoms with Crippen molar-refractivity contribution < 1.29 is 19.1 Å². The van der Waals surface area contributed by atoms with Crippen LogP contribution in [0.15, 0.2) is 6.07 Å². The summed E-state index contributed by atoms with van der Waals surface area (Å²) in [5, 5.41) is 0.205. The van der Waals surface area contributed by atoms with Crippen molar-refractivity contribution in [2.75, 3.05) is 6.61 Å². The molecular weight excluding hydrogens is 446 g/mol. The zero-order valence-corrected chi connectivity index (χ0v) is 19.0. The van der Waals surface area contributed by atoms with Crippen molar-refractivity contribution in [3.63, 3.8) is 0 Å². The number of carbonyl (C=O) groups excluding carboxylic acids is 2. The lowest BCUT2D eigenvalue weighted by molar-refractivity contribution is -0.147. The summed E-state index contributed by atoms with van der Waals surface area (Å²) in [5.41, 5.74) is 0. The maximum Gasteiger partial charge on any atom is 0.311 e. The van der Waals surface area contributed by atoms with E-state index >= 15 is 0 Å². The summed E-state index contributed by atoms with van der Waals surface area (Å²) in [6.07, 6.45) is 9.12. The number of rotatable bonds is 13. The van der Waals surface area contributed by atoms with E-state index in [2.05, 4.69) is 6.92 Å². The molecule has 0 radical (unpaired) electrons. The Morgan fingerprint density at radius 2 is 1.36 bits per heavy atom. The van der Waals surface area contributed by atoms with Crippen LogP contribution in [0.25, 0.3) is 0 Å². The summed E-state index contributed by atoms with van der Waals surface area (Å²) < 4.78 is 10.2. The van der Waals surface area contributed by atoms with Gasteiger partial charge in [0.25, 0.3) is 0 Å². The summed E-state index contributed by atoms with van der Waals surface area (Å²) in [6.45, 7) is 2.57. The third-order valence-electron chi connectivity index (χ3n) is 4.08. The molecule has 1 aromatic carbocycles. The quantitative estimate of drug-likeness (QED) is 0.0972. The number of halogens is 4. The van der Waals surface area contributed by atoms with E-state index in [0.717, 1.165) is 19.3 Å². The van der Waals surface area contributed by atoms with Gasteiger partial charge >= 0.3 is 11.9 Å². The van der Waals surface area contributed by atoms with E-state index in [9.17, 15) is 9.59 Å². The number of esters is 2. The SMILES string of the molecule is CCCCCCCCCCOC(=O)CCC(=O)Oc1c(Cl)cc(Cl)c(Cl)c1Cl. The molecule has 158 valence electrons. The predicted molar refractivity (Wildman–Crippen MR) is 115 cm³/mol. The van der Waals surface area contributed by atoms with Crippen molar-refractivity contribution in [1.82, 2.24) is 0 Å². The molecule has 1 aromatic rings. The smallest absolute Gasteiger partial charge is 0.311 e. The van der Waals surface area contributed by atoms with Gasteiger partial charge in [-0.05, 0) is 12.5 Å². The topological polar surface area (TPSA) is 52.6 Å². The van der Waals surface area contributed by atoms with Gasteiger partial charge in [-0.2, -0.15) is 0 Å². The van der Waals surface area contributed by atoms with Gasteiger partial charge in [0.2, 0.25) is 0 Å². The molecule has 8 heteroatoms. The summed E-state index contributed by atoms with van der Waals surface area (Å²) >= 11 is 23.7. The second-order valence-corrected chi connectivity index (χ2v) is 8.04. The van der Waals surface area contributed by atoms with E-state index in [0.29, 0.717) is 6.61 Å². The Labute approximate surface area is 186 Å². The Morgan fingerprint density at radius 3 is 2.00 bits per heavy atom. The third kappa shape index (κ3) is 9.69.